The zero-order valence-corrected chi connectivity index (χ0v) is 13.4. The first kappa shape index (κ1) is 14.7. The topological polar surface area (TPSA) is 83.1 Å². The van der Waals surface area contributed by atoms with Crippen molar-refractivity contribution < 1.29 is 9.21 Å². The molecule has 1 aliphatic rings. The van der Waals surface area contributed by atoms with Gasteiger partial charge in [0.15, 0.2) is 0 Å². The molecule has 0 radical (unpaired) electrons. The van der Waals surface area contributed by atoms with Gasteiger partial charge in [0, 0.05) is 4.88 Å². The van der Waals surface area contributed by atoms with E-state index in [0.29, 0.717) is 21.5 Å². The Kier molecular flexibility index (Phi) is 3.44. The van der Waals surface area contributed by atoms with Crippen LogP contribution in [0.25, 0.3) is 11.0 Å². The van der Waals surface area contributed by atoms with Crippen molar-refractivity contribution in [2.45, 2.75) is 19.3 Å². The average molecular weight is 336 g/mol. The van der Waals surface area contributed by atoms with Crippen molar-refractivity contribution in [2.24, 2.45) is 0 Å². The number of hydrogen-bond acceptors (Lipinski definition) is 5. The molecule has 4 rings (SSSR count). The number of nitrogens with zero attached hydrogens (tertiary/aromatic N) is 1. The van der Waals surface area contributed by atoms with Crippen LogP contribution in [0.4, 0.5) is 5.00 Å². The normalized spacial score (nSPS) is 12.8. The molecular weight excluding hydrogens is 324 g/mol. The first-order valence-corrected chi connectivity index (χ1v) is 8.37. The number of fused-ring (bicyclic) bond motifs is 2. The van der Waals surface area contributed by atoms with E-state index in [2.05, 4.69) is 11.4 Å². The molecule has 0 unspecified atom stereocenters. The summed E-state index contributed by atoms with van der Waals surface area (Å²) in [7, 11) is 0. The molecule has 1 amide bonds. The van der Waals surface area contributed by atoms with Crippen molar-refractivity contribution in [2.75, 3.05) is 5.32 Å². The Morgan fingerprint density at radius 1 is 1.29 bits per heavy atom. The number of amides is 1. The maximum absolute atomic E-state index is 12.5. The molecule has 5 nitrogen and oxygen atoms in total. The fourth-order valence-electron chi connectivity index (χ4n) is 3.02. The van der Waals surface area contributed by atoms with Crippen LogP contribution in [0.2, 0.25) is 0 Å². The summed E-state index contributed by atoms with van der Waals surface area (Å²) in [6.07, 6.45) is 4.01. The number of para-hydroxylation sites is 1. The lowest BCUT2D eigenvalue weighted by molar-refractivity contribution is 0.102. The minimum atomic E-state index is -0.550. The molecule has 6 heteroatoms. The van der Waals surface area contributed by atoms with Gasteiger partial charge in [-0.25, -0.2) is 0 Å². The second-order valence-electron chi connectivity index (χ2n) is 5.60. The van der Waals surface area contributed by atoms with Gasteiger partial charge in [-0.3, -0.25) is 9.59 Å². The smallest absolute Gasteiger partial charge is 0.263 e. The fraction of sp³-hybridized carbons (Fsp3) is 0.167. The van der Waals surface area contributed by atoms with Crippen molar-refractivity contribution in [3.05, 3.63) is 62.3 Å². The number of nitriles is 1. The lowest BCUT2D eigenvalue weighted by Gasteiger charge is -2.04. The first-order chi connectivity index (χ1) is 11.7. The van der Waals surface area contributed by atoms with E-state index in [1.807, 2.05) is 0 Å². The largest absolute Gasteiger partial charge is 0.463 e. The Balaban J connectivity index is 1.72. The van der Waals surface area contributed by atoms with Crippen LogP contribution in [-0.2, 0) is 12.8 Å². The molecule has 2 aromatic heterocycles. The number of thiophene rings is 1. The summed E-state index contributed by atoms with van der Waals surface area (Å²) < 4.78 is 5.38. The van der Waals surface area contributed by atoms with E-state index in [1.165, 1.54) is 17.6 Å². The van der Waals surface area contributed by atoms with E-state index >= 15 is 0 Å². The summed E-state index contributed by atoms with van der Waals surface area (Å²) in [6, 6.07) is 8.95. The maximum atomic E-state index is 12.5. The second kappa shape index (κ2) is 5.62. The van der Waals surface area contributed by atoms with Crippen LogP contribution in [0.5, 0.6) is 0 Å². The highest BCUT2D eigenvalue weighted by Gasteiger charge is 2.24. The van der Waals surface area contributed by atoms with Crippen molar-refractivity contribution in [1.82, 2.24) is 0 Å². The highest BCUT2D eigenvalue weighted by Crippen LogP contribution is 2.38. The van der Waals surface area contributed by atoms with Gasteiger partial charge >= 0.3 is 0 Å². The maximum Gasteiger partial charge on any atom is 0.263 e. The van der Waals surface area contributed by atoms with Gasteiger partial charge in [0.1, 0.15) is 28.5 Å². The predicted octanol–water partition coefficient (Wildman–Crippen LogP) is 3.47. The molecule has 1 N–H and O–H groups in total. The fourth-order valence-corrected chi connectivity index (χ4v) is 4.25. The van der Waals surface area contributed by atoms with Gasteiger partial charge in [-0.15, -0.1) is 11.3 Å². The molecule has 24 heavy (non-hydrogen) atoms. The molecule has 0 fully saturated rings. The van der Waals surface area contributed by atoms with Gasteiger partial charge in [-0.1, -0.05) is 12.1 Å². The standard InChI is InChI=1S/C18H12N2O3S/c19-8-12-10-5-3-7-15(10)24-18(12)20-17(22)13-9-23-14-6-2-1-4-11(14)16(13)21/h1-2,4,6,9H,3,5,7H2,(H,20,22). The first-order valence-electron chi connectivity index (χ1n) is 7.55. The van der Waals surface area contributed by atoms with Crippen LogP contribution in [0.1, 0.15) is 32.8 Å². The quantitative estimate of drug-likeness (QED) is 0.777. The second-order valence-corrected chi connectivity index (χ2v) is 6.71. The van der Waals surface area contributed by atoms with Crippen LogP contribution in [-0.4, -0.2) is 5.91 Å². The van der Waals surface area contributed by atoms with Crippen LogP contribution in [0.3, 0.4) is 0 Å². The molecule has 0 saturated carbocycles. The van der Waals surface area contributed by atoms with Crippen molar-refractivity contribution in [3.63, 3.8) is 0 Å². The molecule has 0 saturated heterocycles. The Bertz CT molecular complexity index is 1070. The van der Waals surface area contributed by atoms with E-state index in [-0.39, 0.29) is 11.0 Å². The molecule has 1 aliphatic carbocycles. The van der Waals surface area contributed by atoms with E-state index in [1.54, 1.807) is 24.3 Å². The minimum Gasteiger partial charge on any atom is -0.463 e. The van der Waals surface area contributed by atoms with E-state index in [4.69, 9.17) is 4.42 Å². The summed E-state index contributed by atoms with van der Waals surface area (Å²) in [4.78, 5) is 26.1. The Labute approximate surface area is 141 Å². The number of anilines is 1. The molecule has 0 spiro atoms. The van der Waals surface area contributed by atoms with Crippen molar-refractivity contribution in [3.8, 4) is 6.07 Å². The summed E-state index contributed by atoms with van der Waals surface area (Å²) >= 11 is 1.42. The third-order valence-corrected chi connectivity index (χ3v) is 5.39. The molecule has 118 valence electrons. The number of rotatable bonds is 2. The zero-order valence-electron chi connectivity index (χ0n) is 12.6. The molecule has 0 bridgehead atoms. The molecule has 0 atom stereocenters. The number of nitrogens with one attached hydrogen (secondary N) is 1. The average Bonchev–Trinajstić information content (AvgIpc) is 3.15. The molecule has 1 aromatic carbocycles. The summed E-state index contributed by atoms with van der Waals surface area (Å²) in [5, 5.41) is 13.0. The molecule has 2 heterocycles. The highest BCUT2D eigenvalue weighted by atomic mass is 32.1. The number of aryl methyl sites for hydroxylation is 1. The van der Waals surface area contributed by atoms with Crippen LogP contribution >= 0.6 is 11.3 Å². The third-order valence-electron chi connectivity index (χ3n) is 4.18. The monoisotopic (exact) mass is 336 g/mol. The summed E-state index contributed by atoms with van der Waals surface area (Å²) in [5.41, 5.74) is 1.55. The minimum absolute atomic E-state index is 0.0638. The zero-order chi connectivity index (χ0) is 16.7. The van der Waals surface area contributed by atoms with Gasteiger partial charge < -0.3 is 9.73 Å². The Morgan fingerprint density at radius 3 is 2.96 bits per heavy atom. The van der Waals surface area contributed by atoms with Crippen LogP contribution < -0.4 is 10.7 Å². The summed E-state index contributed by atoms with van der Waals surface area (Å²) in [5.74, 6) is -0.550. The SMILES string of the molecule is N#Cc1c(NC(=O)c2coc3ccccc3c2=O)sc2c1CCC2. The lowest BCUT2D eigenvalue weighted by atomic mass is 10.1. The van der Waals surface area contributed by atoms with E-state index in [9.17, 15) is 14.9 Å². The number of carbonyl (C=O) groups excluding carboxylic acids is 1. The van der Waals surface area contributed by atoms with E-state index < -0.39 is 5.91 Å². The molecule has 3 aromatic rings. The van der Waals surface area contributed by atoms with Crippen LogP contribution in [0.15, 0.2) is 39.7 Å². The van der Waals surface area contributed by atoms with Crippen molar-refractivity contribution in [1.29, 1.82) is 5.26 Å². The number of hydrogen-bond donors (Lipinski definition) is 1. The van der Waals surface area contributed by atoms with Gasteiger partial charge in [0.05, 0.1) is 10.9 Å². The van der Waals surface area contributed by atoms with Gasteiger partial charge in [0.2, 0.25) is 5.43 Å². The van der Waals surface area contributed by atoms with Crippen LogP contribution in [0, 0.1) is 11.3 Å². The number of carbonyl (C=O) groups is 1. The highest BCUT2D eigenvalue weighted by molar-refractivity contribution is 7.16. The van der Waals surface area contributed by atoms with Gasteiger partial charge in [0.25, 0.3) is 5.91 Å². The summed E-state index contributed by atoms with van der Waals surface area (Å²) in [6.45, 7) is 0. The molecular formula is C18H12N2O3S. The number of benzene rings is 1. The predicted molar refractivity (Wildman–Crippen MR) is 91.5 cm³/mol. The Morgan fingerprint density at radius 2 is 2.12 bits per heavy atom. The third kappa shape index (κ3) is 2.22. The Hall–Kier alpha value is -2.91. The van der Waals surface area contributed by atoms with E-state index in [0.717, 1.165) is 29.7 Å². The molecule has 0 aliphatic heterocycles. The van der Waals surface area contributed by atoms with Gasteiger partial charge in [-0.05, 0) is 37.0 Å². The van der Waals surface area contributed by atoms with Crippen molar-refractivity contribution >= 4 is 33.2 Å². The van der Waals surface area contributed by atoms with Gasteiger partial charge in [-0.2, -0.15) is 5.26 Å². The lowest BCUT2D eigenvalue weighted by Crippen LogP contribution is -2.21.